The number of carbonyl (C=O) groups excluding carboxylic acids is 1. The smallest absolute Gasteiger partial charge is 0.338 e. The number of esters is 1. The molecule has 1 rings (SSSR count). The van der Waals surface area contributed by atoms with Gasteiger partial charge in [-0.2, -0.15) is 4.72 Å². The number of carbonyl (C=O) groups is 2. The van der Waals surface area contributed by atoms with Crippen LogP contribution in [0, 0.1) is 0 Å². The molecular formula is C15H21NO6S. The minimum atomic E-state index is -4.04. The number of unbranched alkanes of at least 4 members (excludes halogenated alkanes) is 1. The van der Waals surface area contributed by atoms with Crippen molar-refractivity contribution in [2.75, 3.05) is 6.61 Å². The zero-order valence-electron chi connectivity index (χ0n) is 13.1. The molecule has 8 heteroatoms. The zero-order valence-corrected chi connectivity index (χ0v) is 13.9. The van der Waals surface area contributed by atoms with Gasteiger partial charge in [-0.3, -0.25) is 4.79 Å². The molecule has 0 aliphatic rings. The first-order valence-electron chi connectivity index (χ1n) is 7.34. The minimum Gasteiger partial charge on any atom is -0.480 e. The van der Waals surface area contributed by atoms with Crippen molar-refractivity contribution in [2.24, 2.45) is 0 Å². The predicted molar refractivity (Wildman–Crippen MR) is 83.7 cm³/mol. The standard InChI is InChI=1S/C15H21NO6S/c1-3-5-9-13(14(17)18)16-23(20,21)12-8-6-7-11(10-12)15(19)22-4-2/h6-8,10,13,16H,3-5,9H2,1-2H3,(H,17,18). The van der Waals surface area contributed by atoms with Crippen LogP contribution >= 0.6 is 0 Å². The molecule has 0 spiro atoms. The summed E-state index contributed by atoms with van der Waals surface area (Å²) in [6, 6.07) is 4.10. The van der Waals surface area contributed by atoms with E-state index in [1.165, 1.54) is 24.3 Å². The van der Waals surface area contributed by atoms with E-state index in [0.29, 0.717) is 6.42 Å². The van der Waals surface area contributed by atoms with E-state index in [1.54, 1.807) is 6.92 Å². The lowest BCUT2D eigenvalue weighted by Gasteiger charge is -2.14. The lowest BCUT2D eigenvalue weighted by Crippen LogP contribution is -2.40. The van der Waals surface area contributed by atoms with Crippen molar-refractivity contribution < 1.29 is 27.9 Å². The first-order chi connectivity index (χ1) is 10.8. The summed E-state index contributed by atoms with van der Waals surface area (Å²) >= 11 is 0. The molecule has 0 bridgehead atoms. The Kier molecular flexibility index (Phi) is 7.18. The summed E-state index contributed by atoms with van der Waals surface area (Å²) < 4.78 is 31.6. The van der Waals surface area contributed by atoms with E-state index in [4.69, 9.17) is 9.84 Å². The van der Waals surface area contributed by atoms with E-state index >= 15 is 0 Å². The Bertz CT molecular complexity index is 656. The minimum absolute atomic E-state index is 0.0927. The summed E-state index contributed by atoms with van der Waals surface area (Å²) in [6.07, 6.45) is 1.54. The molecule has 0 heterocycles. The molecule has 0 saturated carbocycles. The van der Waals surface area contributed by atoms with Crippen LogP contribution in [0.2, 0.25) is 0 Å². The van der Waals surface area contributed by atoms with Crippen molar-refractivity contribution in [1.82, 2.24) is 4.72 Å². The number of carboxylic acids is 1. The number of nitrogens with one attached hydrogen (secondary N) is 1. The van der Waals surface area contributed by atoms with Crippen molar-refractivity contribution in [3.8, 4) is 0 Å². The van der Waals surface area contributed by atoms with Crippen molar-refractivity contribution >= 4 is 22.0 Å². The van der Waals surface area contributed by atoms with Crippen LogP contribution in [-0.4, -0.2) is 38.1 Å². The van der Waals surface area contributed by atoms with Gasteiger partial charge < -0.3 is 9.84 Å². The van der Waals surface area contributed by atoms with Gasteiger partial charge in [-0.1, -0.05) is 25.8 Å². The Hall–Kier alpha value is -1.93. The van der Waals surface area contributed by atoms with Crippen LogP contribution in [-0.2, 0) is 19.6 Å². The summed E-state index contributed by atoms with van der Waals surface area (Å²) in [5, 5.41) is 9.12. The second-order valence-electron chi connectivity index (χ2n) is 4.90. The average molecular weight is 343 g/mol. The van der Waals surface area contributed by atoms with E-state index in [0.717, 1.165) is 6.42 Å². The summed E-state index contributed by atoms with van der Waals surface area (Å²) in [5.74, 6) is -1.87. The lowest BCUT2D eigenvalue weighted by atomic mass is 10.1. The highest BCUT2D eigenvalue weighted by Gasteiger charge is 2.25. The Labute approximate surface area is 135 Å². The first-order valence-corrected chi connectivity index (χ1v) is 8.82. The van der Waals surface area contributed by atoms with Gasteiger partial charge in [-0.05, 0) is 31.5 Å². The van der Waals surface area contributed by atoms with E-state index in [1.807, 2.05) is 6.92 Å². The fourth-order valence-corrected chi connectivity index (χ4v) is 3.17. The van der Waals surface area contributed by atoms with E-state index in [2.05, 4.69) is 4.72 Å². The number of ether oxygens (including phenoxy) is 1. The Balaban J connectivity index is 3.01. The largest absolute Gasteiger partial charge is 0.480 e. The lowest BCUT2D eigenvalue weighted by molar-refractivity contribution is -0.139. The van der Waals surface area contributed by atoms with Crippen LogP contribution in [0.15, 0.2) is 29.2 Å². The van der Waals surface area contributed by atoms with E-state index < -0.39 is 28.0 Å². The number of sulfonamides is 1. The molecular weight excluding hydrogens is 322 g/mol. The molecule has 0 fully saturated rings. The van der Waals surface area contributed by atoms with Crippen LogP contribution in [0.25, 0.3) is 0 Å². The van der Waals surface area contributed by atoms with Crippen LogP contribution in [0.5, 0.6) is 0 Å². The van der Waals surface area contributed by atoms with E-state index in [-0.39, 0.29) is 23.5 Å². The molecule has 1 atom stereocenters. The van der Waals surface area contributed by atoms with Gasteiger partial charge in [0.1, 0.15) is 6.04 Å². The molecule has 0 aliphatic heterocycles. The topological polar surface area (TPSA) is 110 Å². The third-order valence-electron chi connectivity index (χ3n) is 3.10. The Morgan fingerprint density at radius 1 is 1.30 bits per heavy atom. The van der Waals surface area contributed by atoms with Gasteiger partial charge in [0.2, 0.25) is 10.0 Å². The maximum atomic E-state index is 12.3. The predicted octanol–water partition coefficient (Wildman–Crippen LogP) is 1.78. The second kappa shape index (κ2) is 8.64. The number of aliphatic carboxylic acids is 1. The van der Waals surface area contributed by atoms with Crippen LogP contribution in [0.3, 0.4) is 0 Å². The molecule has 1 aromatic carbocycles. The van der Waals surface area contributed by atoms with Gasteiger partial charge >= 0.3 is 11.9 Å². The van der Waals surface area contributed by atoms with Gasteiger partial charge in [-0.15, -0.1) is 0 Å². The highest BCUT2D eigenvalue weighted by Crippen LogP contribution is 2.14. The van der Waals surface area contributed by atoms with Gasteiger partial charge in [0.05, 0.1) is 17.1 Å². The molecule has 0 amide bonds. The summed E-state index contributed by atoms with van der Waals surface area (Å²) in [4.78, 5) is 22.7. The maximum Gasteiger partial charge on any atom is 0.338 e. The fourth-order valence-electron chi connectivity index (χ4n) is 1.90. The maximum absolute atomic E-state index is 12.3. The highest BCUT2D eigenvalue weighted by molar-refractivity contribution is 7.89. The molecule has 1 aromatic rings. The average Bonchev–Trinajstić information content (AvgIpc) is 2.51. The number of benzene rings is 1. The first kappa shape index (κ1) is 19.1. The molecule has 0 saturated heterocycles. The number of carboxylic acid groups (broad SMARTS) is 1. The van der Waals surface area contributed by atoms with Gasteiger partial charge in [0, 0.05) is 0 Å². The SMILES string of the molecule is CCCCC(NS(=O)(=O)c1cccc(C(=O)OCC)c1)C(=O)O. The third kappa shape index (κ3) is 5.65. The number of rotatable bonds is 9. The van der Waals surface area contributed by atoms with Gasteiger partial charge in [-0.25, -0.2) is 13.2 Å². The molecule has 0 radical (unpaired) electrons. The van der Waals surface area contributed by atoms with Crippen molar-refractivity contribution in [1.29, 1.82) is 0 Å². The Morgan fingerprint density at radius 3 is 2.57 bits per heavy atom. The fraction of sp³-hybridized carbons (Fsp3) is 0.467. The third-order valence-corrected chi connectivity index (χ3v) is 4.57. The quantitative estimate of drug-likeness (QED) is 0.662. The normalized spacial score (nSPS) is 12.6. The van der Waals surface area contributed by atoms with E-state index in [9.17, 15) is 18.0 Å². The van der Waals surface area contributed by atoms with Crippen LogP contribution in [0.1, 0.15) is 43.5 Å². The molecule has 2 N–H and O–H groups in total. The van der Waals surface area contributed by atoms with Crippen molar-refractivity contribution in [2.45, 2.75) is 44.0 Å². The molecule has 23 heavy (non-hydrogen) atoms. The Morgan fingerprint density at radius 2 is 2.00 bits per heavy atom. The van der Waals surface area contributed by atoms with Crippen molar-refractivity contribution in [3.05, 3.63) is 29.8 Å². The highest BCUT2D eigenvalue weighted by atomic mass is 32.2. The molecule has 1 unspecified atom stereocenters. The summed E-state index contributed by atoms with van der Waals surface area (Å²) in [7, 11) is -4.04. The number of hydrogen-bond acceptors (Lipinski definition) is 5. The zero-order chi connectivity index (χ0) is 17.5. The second-order valence-corrected chi connectivity index (χ2v) is 6.62. The van der Waals surface area contributed by atoms with Gasteiger partial charge in [0.25, 0.3) is 0 Å². The van der Waals surface area contributed by atoms with Crippen molar-refractivity contribution in [3.63, 3.8) is 0 Å². The monoisotopic (exact) mass is 343 g/mol. The molecule has 128 valence electrons. The molecule has 7 nitrogen and oxygen atoms in total. The van der Waals surface area contributed by atoms with Gasteiger partial charge in [0.15, 0.2) is 0 Å². The molecule has 0 aliphatic carbocycles. The van der Waals surface area contributed by atoms with Crippen LogP contribution < -0.4 is 4.72 Å². The number of hydrogen-bond donors (Lipinski definition) is 2. The summed E-state index contributed by atoms with van der Waals surface area (Å²) in [5.41, 5.74) is 0.0927. The molecule has 0 aromatic heterocycles. The summed E-state index contributed by atoms with van der Waals surface area (Å²) in [6.45, 7) is 3.70. The van der Waals surface area contributed by atoms with Crippen LogP contribution in [0.4, 0.5) is 0 Å².